The number of rotatable bonds is 2. The third-order valence-electron chi connectivity index (χ3n) is 3.82. The van der Waals surface area contributed by atoms with Crippen LogP contribution in [0.4, 0.5) is 5.69 Å². The molecule has 98 valence electrons. The van der Waals surface area contributed by atoms with Crippen molar-refractivity contribution in [2.24, 2.45) is 0 Å². The SMILES string of the molecule is CNc1cc(B2OC(C)(C)C(C)(C)O2)ccc1O. The van der Waals surface area contributed by atoms with E-state index in [0.29, 0.717) is 5.69 Å². The lowest BCUT2D eigenvalue weighted by molar-refractivity contribution is 0.00578. The Hall–Kier alpha value is -1.20. The Morgan fingerprint density at radius 2 is 1.67 bits per heavy atom. The third kappa shape index (κ3) is 2.08. The highest BCUT2D eigenvalue weighted by Gasteiger charge is 2.51. The van der Waals surface area contributed by atoms with E-state index in [1.165, 1.54) is 0 Å². The topological polar surface area (TPSA) is 50.7 Å². The van der Waals surface area contributed by atoms with Crippen LogP contribution in [0.1, 0.15) is 27.7 Å². The van der Waals surface area contributed by atoms with Crippen LogP contribution in [-0.2, 0) is 9.31 Å². The first-order valence-electron chi connectivity index (χ1n) is 6.13. The molecule has 0 aromatic heterocycles. The van der Waals surface area contributed by atoms with Gasteiger partial charge in [-0.05, 0) is 45.3 Å². The molecule has 1 aromatic carbocycles. The largest absolute Gasteiger partial charge is 0.506 e. The molecule has 5 heteroatoms. The van der Waals surface area contributed by atoms with Crippen LogP contribution in [-0.4, -0.2) is 30.5 Å². The van der Waals surface area contributed by atoms with Crippen LogP contribution in [0.25, 0.3) is 0 Å². The molecule has 4 nitrogen and oxygen atoms in total. The maximum atomic E-state index is 9.64. The number of hydrogen-bond acceptors (Lipinski definition) is 4. The molecule has 0 amide bonds. The molecule has 0 atom stereocenters. The molecule has 1 aliphatic rings. The van der Waals surface area contributed by atoms with Crippen molar-refractivity contribution in [1.29, 1.82) is 0 Å². The molecule has 0 radical (unpaired) electrons. The summed E-state index contributed by atoms with van der Waals surface area (Å²) in [4.78, 5) is 0. The summed E-state index contributed by atoms with van der Waals surface area (Å²) in [6, 6.07) is 5.31. The molecule has 0 spiro atoms. The Bertz CT molecular complexity index is 444. The van der Waals surface area contributed by atoms with Gasteiger partial charge in [-0.25, -0.2) is 0 Å². The molecule has 0 unspecified atom stereocenters. The molecular formula is C13H20BNO3. The van der Waals surface area contributed by atoms with Crippen LogP contribution < -0.4 is 10.8 Å². The van der Waals surface area contributed by atoms with E-state index in [9.17, 15) is 5.11 Å². The van der Waals surface area contributed by atoms with Gasteiger partial charge in [-0.3, -0.25) is 0 Å². The molecule has 0 aliphatic carbocycles. The summed E-state index contributed by atoms with van der Waals surface area (Å²) in [7, 11) is 1.37. The van der Waals surface area contributed by atoms with E-state index in [2.05, 4.69) is 5.32 Å². The van der Waals surface area contributed by atoms with E-state index >= 15 is 0 Å². The Morgan fingerprint density at radius 3 is 2.17 bits per heavy atom. The highest BCUT2D eigenvalue weighted by Crippen LogP contribution is 2.36. The molecule has 0 saturated carbocycles. The third-order valence-corrected chi connectivity index (χ3v) is 3.82. The monoisotopic (exact) mass is 249 g/mol. The first-order valence-corrected chi connectivity index (χ1v) is 6.13. The van der Waals surface area contributed by atoms with Gasteiger partial charge in [0, 0.05) is 7.05 Å². The number of nitrogens with one attached hydrogen (secondary N) is 1. The summed E-state index contributed by atoms with van der Waals surface area (Å²) >= 11 is 0. The van der Waals surface area contributed by atoms with Crippen molar-refractivity contribution in [3.63, 3.8) is 0 Å². The van der Waals surface area contributed by atoms with E-state index in [-0.39, 0.29) is 17.0 Å². The zero-order valence-electron chi connectivity index (χ0n) is 11.6. The van der Waals surface area contributed by atoms with Crippen LogP contribution in [0.5, 0.6) is 5.75 Å². The first-order chi connectivity index (χ1) is 8.27. The van der Waals surface area contributed by atoms with Crippen molar-refractivity contribution in [1.82, 2.24) is 0 Å². The highest BCUT2D eigenvalue weighted by atomic mass is 16.7. The van der Waals surface area contributed by atoms with Gasteiger partial charge < -0.3 is 19.7 Å². The molecule has 1 aliphatic heterocycles. The Morgan fingerprint density at radius 1 is 1.11 bits per heavy atom. The molecule has 1 aromatic rings. The molecule has 1 heterocycles. The quantitative estimate of drug-likeness (QED) is 0.619. The van der Waals surface area contributed by atoms with Gasteiger partial charge in [0.05, 0.1) is 16.9 Å². The Kier molecular flexibility index (Phi) is 3.07. The number of aromatic hydroxyl groups is 1. The van der Waals surface area contributed by atoms with Gasteiger partial charge >= 0.3 is 7.12 Å². The van der Waals surface area contributed by atoms with Crippen LogP contribution in [0.2, 0.25) is 0 Å². The zero-order chi connectivity index (χ0) is 13.6. The first kappa shape index (κ1) is 13.2. The van der Waals surface area contributed by atoms with E-state index in [1.807, 2.05) is 39.8 Å². The van der Waals surface area contributed by atoms with E-state index in [0.717, 1.165) is 5.46 Å². The molecule has 2 rings (SSSR count). The maximum Gasteiger partial charge on any atom is 0.494 e. The van der Waals surface area contributed by atoms with E-state index in [1.54, 1.807) is 13.1 Å². The van der Waals surface area contributed by atoms with Gasteiger partial charge in [-0.1, -0.05) is 6.07 Å². The average Bonchev–Trinajstić information content (AvgIpc) is 2.49. The van der Waals surface area contributed by atoms with Gasteiger partial charge in [-0.15, -0.1) is 0 Å². The van der Waals surface area contributed by atoms with E-state index < -0.39 is 7.12 Å². The van der Waals surface area contributed by atoms with Crippen LogP contribution in [0.3, 0.4) is 0 Å². The average molecular weight is 249 g/mol. The number of phenols is 1. The van der Waals surface area contributed by atoms with Crippen LogP contribution in [0.15, 0.2) is 18.2 Å². The predicted molar refractivity (Wildman–Crippen MR) is 73.4 cm³/mol. The van der Waals surface area contributed by atoms with Crippen LogP contribution >= 0.6 is 0 Å². The summed E-state index contributed by atoms with van der Waals surface area (Å²) in [5.41, 5.74) is 0.864. The number of benzene rings is 1. The lowest BCUT2D eigenvalue weighted by Crippen LogP contribution is -2.41. The lowest BCUT2D eigenvalue weighted by Gasteiger charge is -2.32. The molecular weight excluding hydrogens is 229 g/mol. The second-order valence-corrected chi connectivity index (χ2v) is 5.61. The molecule has 0 bridgehead atoms. The molecule has 2 N–H and O–H groups in total. The molecule has 18 heavy (non-hydrogen) atoms. The van der Waals surface area contributed by atoms with Crippen LogP contribution in [0, 0.1) is 0 Å². The summed E-state index contributed by atoms with van der Waals surface area (Å²) in [6.07, 6.45) is 0. The van der Waals surface area contributed by atoms with Gasteiger partial charge in [-0.2, -0.15) is 0 Å². The number of anilines is 1. The second-order valence-electron chi connectivity index (χ2n) is 5.61. The van der Waals surface area contributed by atoms with Gasteiger partial charge in [0.15, 0.2) is 0 Å². The zero-order valence-corrected chi connectivity index (χ0v) is 11.6. The summed E-state index contributed by atoms with van der Waals surface area (Å²) in [6.45, 7) is 8.08. The standard InChI is InChI=1S/C13H20BNO3/c1-12(2)13(3,4)18-14(17-12)9-6-7-11(16)10(8-9)15-5/h6-8,15-16H,1-5H3. The van der Waals surface area contributed by atoms with Gasteiger partial charge in [0.1, 0.15) is 5.75 Å². The highest BCUT2D eigenvalue weighted by molar-refractivity contribution is 6.62. The predicted octanol–water partition coefficient (Wildman–Crippen LogP) is 1.73. The van der Waals surface area contributed by atoms with Crippen molar-refractivity contribution in [2.45, 2.75) is 38.9 Å². The second kappa shape index (κ2) is 4.18. The summed E-state index contributed by atoms with van der Waals surface area (Å²) in [5.74, 6) is 0.220. The Balaban J connectivity index is 2.30. The number of phenolic OH excluding ortho intramolecular Hbond substituents is 1. The maximum absolute atomic E-state index is 9.64. The fraction of sp³-hybridized carbons (Fsp3) is 0.538. The number of hydrogen-bond donors (Lipinski definition) is 2. The van der Waals surface area contributed by atoms with Crippen molar-refractivity contribution in [3.05, 3.63) is 18.2 Å². The molecule has 1 saturated heterocycles. The van der Waals surface area contributed by atoms with Gasteiger partial charge in [0.2, 0.25) is 0 Å². The lowest BCUT2D eigenvalue weighted by atomic mass is 9.79. The minimum Gasteiger partial charge on any atom is -0.506 e. The minimum atomic E-state index is -0.400. The minimum absolute atomic E-state index is 0.220. The van der Waals surface area contributed by atoms with Gasteiger partial charge in [0.25, 0.3) is 0 Å². The van der Waals surface area contributed by atoms with E-state index in [4.69, 9.17) is 9.31 Å². The normalized spacial score (nSPS) is 21.1. The fourth-order valence-electron chi connectivity index (χ4n) is 1.88. The summed E-state index contributed by atoms with van der Waals surface area (Å²) in [5, 5.41) is 12.6. The Labute approximate surface area is 108 Å². The fourth-order valence-corrected chi connectivity index (χ4v) is 1.88. The summed E-state index contributed by atoms with van der Waals surface area (Å²) < 4.78 is 11.9. The van der Waals surface area contributed by atoms with Crippen molar-refractivity contribution < 1.29 is 14.4 Å². The molecule has 1 fully saturated rings. The van der Waals surface area contributed by atoms with Crippen molar-refractivity contribution in [3.8, 4) is 5.75 Å². The smallest absolute Gasteiger partial charge is 0.494 e. The van der Waals surface area contributed by atoms with Crippen molar-refractivity contribution >= 4 is 18.3 Å². The van der Waals surface area contributed by atoms with Crippen molar-refractivity contribution in [2.75, 3.05) is 12.4 Å².